The van der Waals surface area contributed by atoms with E-state index in [1.807, 2.05) is 12.1 Å². The first-order valence-corrected chi connectivity index (χ1v) is 9.74. The number of piperidine rings is 1. The molecular weight excluding hydrogens is 367 g/mol. The molecular formula is C20H22ClFN4O. The number of hydrogen-bond donors (Lipinski definition) is 0. The van der Waals surface area contributed by atoms with Crippen molar-refractivity contribution in [2.45, 2.75) is 25.7 Å². The highest BCUT2D eigenvalue weighted by molar-refractivity contribution is 6.31. The average Bonchev–Trinajstić information content (AvgIpc) is 3.11. The minimum Gasteiger partial charge on any atom is -0.477 e. The van der Waals surface area contributed by atoms with Crippen LogP contribution in [0.3, 0.4) is 0 Å². The zero-order valence-corrected chi connectivity index (χ0v) is 15.8. The van der Waals surface area contributed by atoms with Crippen molar-refractivity contribution in [3.8, 4) is 17.1 Å². The third-order valence-corrected chi connectivity index (χ3v) is 5.16. The Balaban J connectivity index is 1.44. The number of rotatable bonds is 6. The van der Waals surface area contributed by atoms with E-state index >= 15 is 0 Å². The predicted octanol–water partition coefficient (Wildman–Crippen LogP) is 4.44. The summed E-state index contributed by atoms with van der Waals surface area (Å²) < 4.78 is 21.0. The summed E-state index contributed by atoms with van der Waals surface area (Å²) in [4.78, 5) is 6.84. The van der Waals surface area contributed by atoms with E-state index in [1.165, 1.54) is 38.4 Å². The summed E-state index contributed by atoms with van der Waals surface area (Å²) in [5, 5.41) is 4.61. The second kappa shape index (κ2) is 8.23. The predicted molar refractivity (Wildman–Crippen MR) is 104 cm³/mol. The van der Waals surface area contributed by atoms with Crippen molar-refractivity contribution in [2.75, 3.05) is 26.2 Å². The molecule has 4 rings (SSSR count). The maximum absolute atomic E-state index is 13.4. The molecule has 0 N–H and O–H groups in total. The van der Waals surface area contributed by atoms with Crippen molar-refractivity contribution in [3.05, 3.63) is 47.4 Å². The van der Waals surface area contributed by atoms with Crippen molar-refractivity contribution in [2.24, 2.45) is 0 Å². The van der Waals surface area contributed by atoms with Gasteiger partial charge < -0.3 is 9.64 Å². The number of nitrogens with zero attached hydrogens (tertiary/aromatic N) is 4. The molecule has 0 saturated carbocycles. The van der Waals surface area contributed by atoms with Gasteiger partial charge in [-0.2, -0.15) is 0 Å². The molecule has 3 heterocycles. The first-order valence-electron chi connectivity index (χ1n) is 9.36. The molecule has 0 bridgehead atoms. The Kier molecular flexibility index (Phi) is 5.55. The van der Waals surface area contributed by atoms with E-state index in [2.05, 4.69) is 15.0 Å². The Morgan fingerprint density at radius 1 is 1.11 bits per heavy atom. The second-order valence-corrected chi connectivity index (χ2v) is 7.23. The lowest BCUT2D eigenvalue weighted by molar-refractivity contribution is 0.202. The van der Waals surface area contributed by atoms with Crippen molar-refractivity contribution in [3.63, 3.8) is 0 Å². The lowest BCUT2D eigenvalue weighted by Gasteiger charge is -2.26. The Morgan fingerprint density at radius 3 is 2.78 bits per heavy atom. The maximum Gasteiger partial charge on any atom is 0.231 e. The average molecular weight is 389 g/mol. The molecule has 0 amide bonds. The highest BCUT2D eigenvalue weighted by atomic mass is 35.5. The molecule has 1 fully saturated rings. The minimum atomic E-state index is -0.445. The first kappa shape index (κ1) is 18.2. The zero-order valence-electron chi connectivity index (χ0n) is 15.1. The lowest BCUT2D eigenvalue weighted by Crippen LogP contribution is -2.31. The summed E-state index contributed by atoms with van der Waals surface area (Å²) in [6, 6.07) is 8.27. The normalized spacial score (nSPS) is 15.3. The van der Waals surface area contributed by atoms with Crippen molar-refractivity contribution in [1.29, 1.82) is 0 Å². The molecule has 3 aromatic rings. The fourth-order valence-corrected chi connectivity index (χ4v) is 3.61. The van der Waals surface area contributed by atoms with Gasteiger partial charge in [-0.25, -0.2) is 13.9 Å². The highest BCUT2D eigenvalue weighted by Crippen LogP contribution is 2.25. The van der Waals surface area contributed by atoms with Gasteiger partial charge in [0, 0.05) is 18.2 Å². The van der Waals surface area contributed by atoms with E-state index in [4.69, 9.17) is 16.3 Å². The molecule has 2 aromatic heterocycles. The van der Waals surface area contributed by atoms with Crippen LogP contribution in [-0.4, -0.2) is 45.7 Å². The van der Waals surface area contributed by atoms with Crippen LogP contribution < -0.4 is 4.74 Å². The molecule has 142 valence electrons. The van der Waals surface area contributed by atoms with E-state index in [0.717, 1.165) is 24.2 Å². The molecule has 1 saturated heterocycles. The Hall–Kier alpha value is -2.18. The number of fused-ring (bicyclic) bond motifs is 1. The van der Waals surface area contributed by atoms with Gasteiger partial charge in [-0.05, 0) is 56.6 Å². The quantitative estimate of drug-likeness (QED) is 0.585. The molecule has 1 aliphatic rings. The number of ether oxygens (including phenoxy) is 1. The van der Waals surface area contributed by atoms with Crippen molar-refractivity contribution < 1.29 is 9.13 Å². The van der Waals surface area contributed by atoms with Crippen LogP contribution in [-0.2, 0) is 0 Å². The third kappa shape index (κ3) is 4.22. The first-order chi connectivity index (χ1) is 13.2. The molecule has 1 aromatic carbocycles. The van der Waals surface area contributed by atoms with E-state index in [1.54, 1.807) is 22.8 Å². The smallest absolute Gasteiger partial charge is 0.231 e. The Morgan fingerprint density at radius 2 is 1.96 bits per heavy atom. The van der Waals surface area contributed by atoms with Gasteiger partial charge in [0.25, 0.3) is 0 Å². The molecule has 1 aliphatic heterocycles. The molecule has 0 unspecified atom stereocenters. The summed E-state index contributed by atoms with van der Waals surface area (Å²) in [6.45, 7) is 4.08. The SMILES string of the molecule is Fc1ccc(-c2cnc3ccc(OCCCN4CCCCC4)nn23)cc1Cl. The van der Waals surface area contributed by atoms with Gasteiger partial charge >= 0.3 is 0 Å². The minimum absolute atomic E-state index is 0.0765. The highest BCUT2D eigenvalue weighted by Gasteiger charge is 2.12. The van der Waals surface area contributed by atoms with Crippen LogP contribution in [0, 0.1) is 5.82 Å². The number of benzene rings is 1. The lowest BCUT2D eigenvalue weighted by atomic mass is 10.1. The molecule has 0 atom stereocenters. The van der Waals surface area contributed by atoms with E-state index in [9.17, 15) is 4.39 Å². The standard InChI is InChI=1S/C20H22ClFN4O/c21-16-13-15(5-6-17(16)22)18-14-23-19-7-8-20(24-26(18)19)27-12-4-11-25-9-2-1-3-10-25/h5-8,13-14H,1-4,9-12H2. The number of halogens is 2. The molecule has 27 heavy (non-hydrogen) atoms. The number of likely N-dealkylation sites (tertiary alicyclic amines) is 1. The summed E-state index contributed by atoms with van der Waals surface area (Å²) in [7, 11) is 0. The van der Waals surface area contributed by atoms with Gasteiger partial charge in [-0.15, -0.1) is 5.10 Å². The van der Waals surface area contributed by atoms with Gasteiger partial charge in [0.15, 0.2) is 5.65 Å². The monoisotopic (exact) mass is 388 g/mol. The van der Waals surface area contributed by atoms with Crippen LogP contribution >= 0.6 is 11.6 Å². The second-order valence-electron chi connectivity index (χ2n) is 6.82. The van der Waals surface area contributed by atoms with Gasteiger partial charge in [0.05, 0.1) is 23.5 Å². The summed E-state index contributed by atoms with van der Waals surface area (Å²) >= 11 is 5.91. The van der Waals surface area contributed by atoms with Gasteiger partial charge in [0.1, 0.15) is 5.82 Å². The van der Waals surface area contributed by atoms with E-state index in [0.29, 0.717) is 18.1 Å². The van der Waals surface area contributed by atoms with Gasteiger partial charge in [-0.3, -0.25) is 0 Å². The number of hydrogen-bond acceptors (Lipinski definition) is 4. The Labute approximate surface area is 162 Å². The third-order valence-electron chi connectivity index (χ3n) is 4.87. The fourth-order valence-electron chi connectivity index (χ4n) is 3.43. The van der Waals surface area contributed by atoms with E-state index in [-0.39, 0.29) is 5.02 Å². The zero-order chi connectivity index (χ0) is 18.6. The van der Waals surface area contributed by atoms with Crippen molar-refractivity contribution >= 4 is 17.2 Å². The molecule has 0 spiro atoms. The largest absolute Gasteiger partial charge is 0.477 e. The maximum atomic E-state index is 13.4. The van der Waals surface area contributed by atoms with Crippen LogP contribution in [0.2, 0.25) is 5.02 Å². The van der Waals surface area contributed by atoms with Crippen LogP contribution in [0.1, 0.15) is 25.7 Å². The van der Waals surface area contributed by atoms with E-state index < -0.39 is 5.82 Å². The van der Waals surface area contributed by atoms with Crippen LogP contribution in [0.25, 0.3) is 16.9 Å². The number of aromatic nitrogens is 3. The topological polar surface area (TPSA) is 42.7 Å². The fraction of sp³-hybridized carbons (Fsp3) is 0.400. The van der Waals surface area contributed by atoms with Crippen LogP contribution in [0.4, 0.5) is 4.39 Å². The van der Waals surface area contributed by atoms with Crippen molar-refractivity contribution in [1.82, 2.24) is 19.5 Å². The van der Waals surface area contributed by atoms with Gasteiger partial charge in [0.2, 0.25) is 5.88 Å². The van der Waals surface area contributed by atoms with Crippen LogP contribution in [0.5, 0.6) is 5.88 Å². The Bertz CT molecular complexity index is 923. The summed E-state index contributed by atoms with van der Waals surface area (Å²) in [6.07, 6.45) is 6.63. The van der Waals surface area contributed by atoms with Gasteiger partial charge in [-0.1, -0.05) is 18.0 Å². The molecule has 0 aliphatic carbocycles. The summed E-state index contributed by atoms with van der Waals surface area (Å²) in [5.41, 5.74) is 2.19. The summed E-state index contributed by atoms with van der Waals surface area (Å²) in [5.74, 6) is 0.105. The molecule has 5 nitrogen and oxygen atoms in total. The number of imidazole rings is 1. The van der Waals surface area contributed by atoms with Crippen LogP contribution in [0.15, 0.2) is 36.5 Å². The molecule has 0 radical (unpaired) electrons. The molecule has 7 heteroatoms.